The van der Waals surface area contributed by atoms with Gasteiger partial charge in [0.05, 0.1) is 36.7 Å². The van der Waals surface area contributed by atoms with Gasteiger partial charge in [-0.2, -0.15) is 0 Å². The molecule has 132 heavy (non-hydrogen) atoms. The fourth-order valence-corrected chi connectivity index (χ4v) is 17.9. The Hall–Kier alpha value is -11.0. The molecule has 0 aliphatic carbocycles. The van der Waals surface area contributed by atoms with Gasteiger partial charge in [-0.05, 0) is 360 Å². The summed E-state index contributed by atoms with van der Waals surface area (Å²) >= 11 is 0. The second-order valence-electron chi connectivity index (χ2n) is 36.1. The maximum absolute atomic E-state index is 13.6. The molecule has 0 radical (unpaired) electrons. The molecule has 0 spiro atoms. The van der Waals surface area contributed by atoms with Crippen molar-refractivity contribution in [2.24, 2.45) is 5.73 Å². The predicted octanol–water partition coefficient (Wildman–Crippen LogP) is 17.8. The molecule has 2 atom stereocenters. The van der Waals surface area contributed by atoms with Crippen LogP contribution in [-0.2, 0) is 49.9 Å². The SMILES string of the molecule is C.CC(C)=C[N+](=O)[O-].CCN(CC)C(=O)C(C)(C)c1ccc2[nH]c(-c3cc(C)cc(C)c3)c(CCN)c2c1.CCN(CC)C(=O)C(C)(C)c1ccc2[nH]c(-c3cc(C)cc(C)c3)c(CCN/C(=C/[N+](=O)[O-])N3CCC(c4ccncc4)C3)c2c1.CCN(CC)C(=O)C(C)(C)c1ccc2[nH]c(-c3cc(C)cc(C)c3)c(CCN/C(C)=C/[N+](=O)[O-])c2c1.[H-].[K+].c1cc(C2CCNC2)ccn1. The number of carbonyl (C=O) groups is 3. The van der Waals surface area contributed by atoms with E-state index in [1.807, 2.05) is 128 Å². The van der Waals surface area contributed by atoms with Crippen LogP contribution < -0.4 is 73.1 Å². The molecular formula is C106H143KN16O9. The Balaban J connectivity index is 0.000000281. The zero-order valence-electron chi connectivity index (χ0n) is 82.4. The maximum Gasteiger partial charge on any atom is 1.00 e. The number of nitrogens with zero attached hydrogens (tertiary/aromatic N) is 9. The Morgan fingerprint density at radius 2 is 0.811 bits per heavy atom. The Kier molecular flexibility index (Phi) is 40.7. The largest absolute Gasteiger partial charge is 1.00 e. The van der Waals surface area contributed by atoms with E-state index in [2.05, 4.69) is 203 Å². The minimum absolute atomic E-state index is 0. The monoisotopic (exact) mass is 1820 g/mol. The second kappa shape index (κ2) is 49.7. The van der Waals surface area contributed by atoms with Crippen molar-refractivity contribution in [1.29, 1.82) is 0 Å². The number of carbonyl (C=O) groups excluding carboxylic acids is 3. The Morgan fingerprint density at radius 1 is 0.477 bits per heavy atom. The zero-order valence-corrected chi connectivity index (χ0v) is 84.5. The van der Waals surface area contributed by atoms with Crippen molar-refractivity contribution in [3.8, 4) is 33.8 Å². The first-order valence-corrected chi connectivity index (χ1v) is 45.8. The van der Waals surface area contributed by atoms with E-state index in [0.29, 0.717) is 88.2 Å². The number of nitrogens with two attached hydrogens (primary N) is 1. The molecule has 26 heteroatoms. The summed E-state index contributed by atoms with van der Waals surface area (Å²) in [5.74, 6) is 1.93. The number of likely N-dealkylation sites (N-methyl/N-ethyl adjacent to an activating group) is 3. The summed E-state index contributed by atoms with van der Waals surface area (Å²) in [4.78, 5) is 97.6. The molecule has 0 bridgehead atoms. The number of aromatic nitrogens is 5. The first-order chi connectivity index (χ1) is 61.8. The molecule has 8 N–H and O–H groups in total. The third-order valence-corrected chi connectivity index (χ3v) is 24.9. The number of hydrogen-bond donors (Lipinski definition) is 7. The van der Waals surface area contributed by atoms with Gasteiger partial charge in [0, 0.05) is 152 Å². The summed E-state index contributed by atoms with van der Waals surface area (Å²) in [6, 6.07) is 46.8. The number of nitro groups is 3. The van der Waals surface area contributed by atoms with E-state index in [1.54, 1.807) is 33.2 Å². The van der Waals surface area contributed by atoms with Gasteiger partial charge in [-0.3, -0.25) is 54.7 Å². The van der Waals surface area contributed by atoms with Crippen molar-refractivity contribution in [2.45, 2.75) is 213 Å². The van der Waals surface area contributed by atoms with E-state index in [9.17, 15) is 44.7 Å². The summed E-state index contributed by atoms with van der Waals surface area (Å²) in [7, 11) is 0. The van der Waals surface area contributed by atoms with Gasteiger partial charge in [0.1, 0.15) is 0 Å². The van der Waals surface area contributed by atoms with Crippen molar-refractivity contribution >= 4 is 50.4 Å². The van der Waals surface area contributed by atoms with Gasteiger partial charge in [-0.25, -0.2) is 0 Å². The van der Waals surface area contributed by atoms with E-state index in [0.717, 1.165) is 159 Å². The molecule has 3 amide bonds. The first-order valence-electron chi connectivity index (χ1n) is 45.8. The number of rotatable bonds is 31. The van der Waals surface area contributed by atoms with E-state index in [-0.39, 0.29) is 82.9 Å². The number of aryl methyl sites for hydroxylation is 6. The Bertz CT molecular complexity index is 5790. The number of aromatic amines is 3. The number of pyridine rings is 2. The molecule has 5 aromatic heterocycles. The van der Waals surface area contributed by atoms with Gasteiger partial charge < -0.3 is 57.7 Å². The molecule has 2 aliphatic rings. The summed E-state index contributed by atoms with van der Waals surface area (Å²) in [5, 5.41) is 45.3. The van der Waals surface area contributed by atoms with Crippen LogP contribution in [0, 0.1) is 71.9 Å². The molecule has 2 aliphatic heterocycles. The average molecular weight is 1820 g/mol. The van der Waals surface area contributed by atoms with Gasteiger partial charge >= 0.3 is 51.4 Å². The fraction of sp³-hybridized carbons (Fsp3) is 0.425. The summed E-state index contributed by atoms with van der Waals surface area (Å²) in [5.41, 5.74) is 31.2. The molecule has 11 aromatic rings. The first kappa shape index (κ1) is 108. The maximum atomic E-state index is 13.6. The van der Waals surface area contributed by atoms with Crippen LogP contribution in [0.4, 0.5) is 0 Å². The van der Waals surface area contributed by atoms with Gasteiger partial charge in [0.15, 0.2) is 5.82 Å². The van der Waals surface area contributed by atoms with Crippen molar-refractivity contribution in [3.05, 3.63) is 302 Å². The number of amides is 3. The normalized spacial score (nSPS) is 13.8. The molecule has 25 nitrogen and oxygen atoms in total. The molecular weight excluding hydrogens is 1680 g/mol. The fourth-order valence-electron chi connectivity index (χ4n) is 17.9. The van der Waals surface area contributed by atoms with E-state index in [1.165, 1.54) is 62.1 Å². The topological polar surface area (TPSA) is 329 Å². The Morgan fingerprint density at radius 3 is 1.11 bits per heavy atom. The number of allylic oxidation sites excluding steroid dienone is 2. The summed E-state index contributed by atoms with van der Waals surface area (Å²) in [6.07, 6.45) is 14.7. The number of likely N-dealkylation sites (tertiary alicyclic amines) is 1. The van der Waals surface area contributed by atoms with Crippen LogP contribution >= 0.6 is 0 Å². The zero-order chi connectivity index (χ0) is 95.1. The van der Waals surface area contributed by atoms with Gasteiger partial charge in [0.2, 0.25) is 23.9 Å². The van der Waals surface area contributed by atoms with Gasteiger partial charge in [0.25, 0.3) is 12.4 Å². The summed E-state index contributed by atoms with van der Waals surface area (Å²) in [6.45, 7) is 51.3. The van der Waals surface area contributed by atoms with Crippen molar-refractivity contribution < 1.29 is 82.0 Å². The molecule has 2 fully saturated rings. The van der Waals surface area contributed by atoms with Gasteiger partial charge in [-0.15, -0.1) is 0 Å². The van der Waals surface area contributed by atoms with E-state index in [4.69, 9.17) is 5.73 Å². The van der Waals surface area contributed by atoms with Crippen LogP contribution in [-0.4, -0.2) is 162 Å². The average Bonchev–Trinajstić information content (AvgIpc) is 1.63. The van der Waals surface area contributed by atoms with Crippen molar-refractivity contribution in [2.75, 3.05) is 85.1 Å². The van der Waals surface area contributed by atoms with Crippen molar-refractivity contribution in [3.63, 3.8) is 0 Å². The predicted molar refractivity (Wildman–Crippen MR) is 536 cm³/mol. The van der Waals surface area contributed by atoms with Crippen LogP contribution in [0.25, 0.3) is 66.5 Å². The molecule has 702 valence electrons. The molecule has 2 saturated heterocycles. The quantitative estimate of drug-likeness (QED) is 0.0121. The number of H-pyrrole nitrogens is 3. The standard InChI is InChI=1S/C37H46N6O3.C29H38N4O3.C26H35N3O.C9H12N2.C4H7NO2.CH4.K.H/c1-7-41(8-2)36(44)37(5,6)30-9-10-33-32(22-30)31(35(40-33)29-20-25(3)19-26(4)21-29)13-17-39-34(24-43(45)46)42-18-14-28(23-42)27-11-15-38-16-12-27;1-8-32(9-2)28(34)29(6,7)23-10-11-26-25(17-23)24(12-13-30-21(5)18-33(35)36)27(31-26)22-15-19(3)14-20(4)16-22;1-7-29(8-2)25(30)26(5,6)20-9-10-23-22(16-20)21(11-12-27)24(28-23)19-14-17(3)13-18(4)15-19;1-4-10-5-2-8(1)9-3-6-11-7-9;1-4(2)3-5(6)7;;;/h9-12,15-16,19-22,24,28,39-40H,7-8,13-14,17-18,23H2,1-6H3;10-11,14-18,30-31H,8-9,12-13H2,1-7H3;9-10,13-16,28H,7-8,11-12,27H2,1-6H3;1-2,4-5,9,11H,3,6-7H2;3H,1-2H3;1H4;;/q;;;;;;+1;-1/b34-24-;21-18+;;;;;;. The molecule has 7 heterocycles. The number of hydrogen-bond acceptors (Lipinski definition) is 16. The van der Waals surface area contributed by atoms with Crippen LogP contribution in [0.2, 0.25) is 0 Å². The van der Waals surface area contributed by atoms with Crippen LogP contribution in [0.5, 0.6) is 0 Å². The number of benzene rings is 6. The third-order valence-electron chi connectivity index (χ3n) is 24.9. The minimum Gasteiger partial charge on any atom is -1.00 e. The third kappa shape index (κ3) is 28.1. The van der Waals surface area contributed by atoms with Crippen LogP contribution in [0.3, 0.4) is 0 Å². The molecule has 2 unspecified atom stereocenters. The summed E-state index contributed by atoms with van der Waals surface area (Å²) < 4.78 is 0. The van der Waals surface area contributed by atoms with Crippen LogP contribution in [0.1, 0.15) is 215 Å². The van der Waals surface area contributed by atoms with Crippen LogP contribution in [0.15, 0.2) is 194 Å². The smallest absolute Gasteiger partial charge is 1.00 e. The molecule has 13 rings (SSSR count). The molecule has 0 saturated carbocycles. The van der Waals surface area contributed by atoms with E-state index >= 15 is 0 Å². The van der Waals surface area contributed by atoms with E-state index < -0.39 is 26.1 Å². The number of nitrogens with one attached hydrogen (secondary N) is 6. The number of fused-ring (bicyclic) bond motifs is 3. The second-order valence-corrected chi connectivity index (χ2v) is 36.1. The Labute approximate surface area is 825 Å². The van der Waals surface area contributed by atoms with Crippen molar-refractivity contribution in [1.82, 2.24) is 60.5 Å². The van der Waals surface area contributed by atoms with Gasteiger partial charge in [-0.1, -0.05) is 77.2 Å². The minimum atomic E-state index is -0.699. The molecule has 6 aromatic carbocycles.